The first-order valence-corrected chi connectivity index (χ1v) is 8.54. The number of benzene rings is 2. The van der Waals surface area contributed by atoms with E-state index in [2.05, 4.69) is 62.4 Å². The molecule has 22 heavy (non-hydrogen) atoms. The zero-order chi connectivity index (χ0) is 15.2. The lowest BCUT2D eigenvalue weighted by Crippen LogP contribution is -2.26. The maximum Gasteiger partial charge on any atom is 0.00370 e. The second-order valence-corrected chi connectivity index (χ2v) is 7.17. The van der Waals surface area contributed by atoms with Crippen LogP contribution in [0, 0.1) is 19.3 Å². The van der Waals surface area contributed by atoms with Crippen LogP contribution in [0.25, 0.3) is 5.57 Å². The van der Waals surface area contributed by atoms with Gasteiger partial charge in [0.1, 0.15) is 0 Å². The van der Waals surface area contributed by atoms with E-state index in [1.807, 2.05) is 0 Å². The molecule has 1 atom stereocenters. The Morgan fingerprint density at radius 1 is 0.955 bits per heavy atom. The summed E-state index contributed by atoms with van der Waals surface area (Å²) in [4.78, 5) is 0. The van der Waals surface area contributed by atoms with Crippen LogP contribution in [0.4, 0.5) is 0 Å². The van der Waals surface area contributed by atoms with Gasteiger partial charge >= 0.3 is 0 Å². The highest BCUT2D eigenvalue weighted by Crippen LogP contribution is 2.54. The first kappa shape index (κ1) is 13.8. The third-order valence-electron chi connectivity index (χ3n) is 5.78. The molecule has 0 nitrogen and oxygen atoms in total. The van der Waals surface area contributed by atoms with Gasteiger partial charge in [-0.15, -0.1) is 0 Å². The van der Waals surface area contributed by atoms with E-state index in [1.54, 1.807) is 11.1 Å². The number of rotatable bonds is 2. The lowest BCUT2D eigenvalue weighted by molar-refractivity contribution is 0.353. The first-order chi connectivity index (χ1) is 10.7. The Morgan fingerprint density at radius 3 is 2.64 bits per heavy atom. The van der Waals surface area contributed by atoms with Crippen LogP contribution in [0.3, 0.4) is 0 Å². The van der Waals surface area contributed by atoms with E-state index >= 15 is 0 Å². The minimum absolute atomic E-state index is 0.346. The van der Waals surface area contributed by atoms with Crippen molar-refractivity contribution in [3.8, 4) is 0 Å². The average molecular weight is 288 g/mol. The van der Waals surface area contributed by atoms with Crippen molar-refractivity contribution in [2.24, 2.45) is 5.41 Å². The van der Waals surface area contributed by atoms with E-state index in [0.29, 0.717) is 5.41 Å². The summed E-state index contributed by atoms with van der Waals surface area (Å²) in [6, 6.07) is 15.8. The average Bonchev–Trinajstić information content (AvgIpc) is 2.86. The third-order valence-corrected chi connectivity index (χ3v) is 5.78. The molecule has 4 rings (SSSR count). The van der Waals surface area contributed by atoms with E-state index < -0.39 is 0 Å². The highest BCUT2D eigenvalue weighted by molar-refractivity contribution is 5.79. The summed E-state index contributed by atoms with van der Waals surface area (Å²) in [6.07, 6.45) is 8.88. The molecule has 0 spiro atoms. The second-order valence-electron chi connectivity index (χ2n) is 7.17. The summed E-state index contributed by atoms with van der Waals surface area (Å²) in [5.41, 5.74) is 9.56. The van der Waals surface area contributed by atoms with Crippen LogP contribution in [0.15, 0.2) is 48.5 Å². The predicted molar refractivity (Wildman–Crippen MR) is 94.0 cm³/mol. The molecule has 0 heterocycles. The zero-order valence-corrected chi connectivity index (χ0v) is 13.7. The van der Waals surface area contributed by atoms with Crippen molar-refractivity contribution in [3.63, 3.8) is 0 Å². The summed E-state index contributed by atoms with van der Waals surface area (Å²) in [5, 5.41) is 0. The number of aryl methyl sites for hydroxylation is 2. The van der Waals surface area contributed by atoms with Crippen LogP contribution in [-0.4, -0.2) is 0 Å². The molecule has 0 aliphatic heterocycles. The van der Waals surface area contributed by atoms with Gasteiger partial charge in [0.2, 0.25) is 0 Å². The summed E-state index contributed by atoms with van der Waals surface area (Å²) < 4.78 is 0. The van der Waals surface area contributed by atoms with Gasteiger partial charge in [-0.05, 0) is 79.3 Å². The number of hydrogen-bond donors (Lipinski definition) is 0. The molecule has 0 bridgehead atoms. The van der Waals surface area contributed by atoms with Gasteiger partial charge in [-0.3, -0.25) is 0 Å². The van der Waals surface area contributed by atoms with Gasteiger partial charge in [0, 0.05) is 5.41 Å². The van der Waals surface area contributed by atoms with Crippen LogP contribution in [0.2, 0.25) is 0 Å². The molecule has 0 radical (unpaired) electrons. The van der Waals surface area contributed by atoms with Crippen LogP contribution < -0.4 is 0 Å². The fourth-order valence-electron chi connectivity index (χ4n) is 4.56. The molecular weight excluding hydrogens is 264 g/mol. The SMILES string of the molecule is Cc1ccccc1C[C@@]12CCCC=C1c1cccc(C)c1C2. The molecule has 2 aliphatic carbocycles. The molecule has 0 saturated heterocycles. The minimum atomic E-state index is 0.346. The topological polar surface area (TPSA) is 0 Å². The van der Waals surface area contributed by atoms with Gasteiger partial charge in [0.25, 0.3) is 0 Å². The van der Waals surface area contributed by atoms with Gasteiger partial charge in [-0.2, -0.15) is 0 Å². The molecular formula is C22H24. The molecule has 0 heteroatoms. The van der Waals surface area contributed by atoms with E-state index in [1.165, 1.54) is 54.4 Å². The zero-order valence-electron chi connectivity index (χ0n) is 13.7. The number of hydrogen-bond acceptors (Lipinski definition) is 0. The van der Waals surface area contributed by atoms with E-state index in [9.17, 15) is 0 Å². The van der Waals surface area contributed by atoms with E-state index in [-0.39, 0.29) is 0 Å². The molecule has 0 amide bonds. The lowest BCUT2D eigenvalue weighted by Gasteiger charge is -2.35. The van der Waals surface area contributed by atoms with Crippen molar-refractivity contribution >= 4 is 5.57 Å². The third kappa shape index (κ3) is 2.05. The Kier molecular flexibility index (Phi) is 3.22. The quantitative estimate of drug-likeness (QED) is 0.669. The molecule has 2 aromatic carbocycles. The van der Waals surface area contributed by atoms with Crippen molar-refractivity contribution < 1.29 is 0 Å². The summed E-state index contributed by atoms with van der Waals surface area (Å²) in [7, 11) is 0. The van der Waals surface area contributed by atoms with Crippen molar-refractivity contribution in [2.75, 3.05) is 0 Å². The Morgan fingerprint density at radius 2 is 1.77 bits per heavy atom. The Hall–Kier alpha value is -1.82. The highest BCUT2D eigenvalue weighted by Gasteiger charge is 2.43. The van der Waals surface area contributed by atoms with Crippen LogP contribution >= 0.6 is 0 Å². The molecule has 2 aliphatic rings. The highest BCUT2D eigenvalue weighted by atomic mass is 14.5. The molecule has 0 N–H and O–H groups in total. The molecule has 112 valence electrons. The van der Waals surface area contributed by atoms with E-state index in [0.717, 1.165) is 0 Å². The maximum atomic E-state index is 2.53. The van der Waals surface area contributed by atoms with Gasteiger partial charge in [0.05, 0.1) is 0 Å². The Labute approximate surface area is 133 Å². The van der Waals surface area contributed by atoms with Crippen molar-refractivity contribution in [1.82, 2.24) is 0 Å². The largest absolute Gasteiger partial charge is 0.0801 e. The van der Waals surface area contributed by atoms with Crippen LogP contribution in [-0.2, 0) is 12.8 Å². The molecule has 2 aromatic rings. The lowest BCUT2D eigenvalue weighted by atomic mass is 9.69. The molecule has 0 fully saturated rings. The Bertz CT molecular complexity index is 750. The van der Waals surface area contributed by atoms with Crippen molar-refractivity contribution in [2.45, 2.75) is 46.0 Å². The monoisotopic (exact) mass is 288 g/mol. The summed E-state index contributed by atoms with van der Waals surface area (Å²) in [5.74, 6) is 0. The standard InChI is InChI=1S/C22H24/c1-16-8-3-4-10-18(16)14-22-13-6-5-12-21(22)19-11-7-9-17(2)20(19)15-22/h3-4,7-12H,5-6,13-15H2,1-2H3/t22-/m1/s1. The first-order valence-electron chi connectivity index (χ1n) is 8.54. The van der Waals surface area contributed by atoms with Gasteiger partial charge < -0.3 is 0 Å². The second kappa shape index (κ2) is 5.12. The fourth-order valence-corrected chi connectivity index (χ4v) is 4.56. The van der Waals surface area contributed by atoms with Crippen molar-refractivity contribution in [3.05, 3.63) is 76.4 Å². The van der Waals surface area contributed by atoms with Crippen molar-refractivity contribution in [1.29, 1.82) is 0 Å². The fraction of sp³-hybridized carbons (Fsp3) is 0.364. The Balaban J connectivity index is 1.81. The summed E-state index contributed by atoms with van der Waals surface area (Å²) >= 11 is 0. The summed E-state index contributed by atoms with van der Waals surface area (Å²) in [6.45, 7) is 4.53. The van der Waals surface area contributed by atoms with E-state index in [4.69, 9.17) is 0 Å². The smallest absolute Gasteiger partial charge is 0.00370 e. The normalized spacial score (nSPS) is 22.9. The van der Waals surface area contributed by atoms with Crippen LogP contribution in [0.1, 0.15) is 47.1 Å². The predicted octanol–water partition coefficient (Wildman–Crippen LogP) is 5.66. The number of allylic oxidation sites excluding steroid dienone is 2. The molecule has 0 aromatic heterocycles. The van der Waals surface area contributed by atoms with Gasteiger partial charge in [-0.25, -0.2) is 0 Å². The molecule has 0 saturated carbocycles. The van der Waals surface area contributed by atoms with Crippen LogP contribution in [0.5, 0.6) is 0 Å². The maximum absolute atomic E-state index is 2.53. The number of fused-ring (bicyclic) bond motifs is 3. The molecule has 0 unspecified atom stereocenters. The minimum Gasteiger partial charge on any atom is -0.0801 e. The van der Waals surface area contributed by atoms with Gasteiger partial charge in [0.15, 0.2) is 0 Å². The van der Waals surface area contributed by atoms with Gasteiger partial charge in [-0.1, -0.05) is 48.5 Å².